The number of aryl methyl sites for hydroxylation is 2. The van der Waals surface area contributed by atoms with Crippen molar-refractivity contribution in [3.8, 4) is 0 Å². The third-order valence-electron chi connectivity index (χ3n) is 3.86. The first-order valence-electron chi connectivity index (χ1n) is 7.30. The zero-order valence-electron chi connectivity index (χ0n) is 11.7. The number of amides is 1. The van der Waals surface area contributed by atoms with Crippen LogP contribution in [0.15, 0.2) is 24.3 Å². The maximum atomic E-state index is 11.8. The van der Waals surface area contributed by atoms with E-state index in [9.17, 15) is 4.79 Å². The molecule has 1 aromatic rings. The first-order valence-corrected chi connectivity index (χ1v) is 7.30. The zero-order chi connectivity index (χ0) is 13.5. The van der Waals surface area contributed by atoms with Crippen LogP contribution in [0.2, 0.25) is 0 Å². The Hall–Kier alpha value is -1.35. The van der Waals surface area contributed by atoms with Crippen LogP contribution in [0.25, 0.3) is 0 Å². The molecule has 19 heavy (non-hydrogen) atoms. The van der Waals surface area contributed by atoms with E-state index in [4.69, 9.17) is 0 Å². The van der Waals surface area contributed by atoms with E-state index in [0.717, 1.165) is 25.9 Å². The standard InChI is InChI=1S/C16H24N2O/c1-13-5-2-3-6-14(13)8-9-16(19)18-12-10-15-7-4-11-17-15/h2-3,5-6,15,17H,4,7-12H2,1H3,(H,18,19). The molecule has 1 aliphatic rings. The smallest absolute Gasteiger partial charge is 0.220 e. The van der Waals surface area contributed by atoms with E-state index < -0.39 is 0 Å². The van der Waals surface area contributed by atoms with Crippen LogP contribution in [0.5, 0.6) is 0 Å². The number of benzene rings is 1. The number of hydrogen-bond donors (Lipinski definition) is 2. The SMILES string of the molecule is Cc1ccccc1CCC(=O)NCCC1CCCN1. The number of hydrogen-bond acceptors (Lipinski definition) is 2. The number of carbonyl (C=O) groups is 1. The summed E-state index contributed by atoms with van der Waals surface area (Å²) in [6.45, 7) is 4.02. The van der Waals surface area contributed by atoms with Gasteiger partial charge >= 0.3 is 0 Å². The second kappa shape index (κ2) is 7.29. The summed E-state index contributed by atoms with van der Waals surface area (Å²) in [5.74, 6) is 0.168. The van der Waals surface area contributed by atoms with Crippen molar-refractivity contribution in [1.29, 1.82) is 0 Å². The third-order valence-corrected chi connectivity index (χ3v) is 3.86. The Morgan fingerprint density at radius 3 is 3.00 bits per heavy atom. The lowest BCUT2D eigenvalue weighted by molar-refractivity contribution is -0.121. The summed E-state index contributed by atoms with van der Waals surface area (Å²) in [5, 5.41) is 6.46. The molecule has 1 unspecified atom stereocenters. The van der Waals surface area contributed by atoms with E-state index in [-0.39, 0.29) is 5.91 Å². The van der Waals surface area contributed by atoms with Gasteiger partial charge in [-0.1, -0.05) is 24.3 Å². The Labute approximate surface area is 115 Å². The van der Waals surface area contributed by atoms with Gasteiger partial charge in [-0.15, -0.1) is 0 Å². The number of nitrogens with one attached hydrogen (secondary N) is 2. The van der Waals surface area contributed by atoms with Crippen LogP contribution in [-0.2, 0) is 11.2 Å². The molecular weight excluding hydrogens is 236 g/mol. The fraction of sp³-hybridized carbons (Fsp3) is 0.562. The minimum Gasteiger partial charge on any atom is -0.356 e. The van der Waals surface area contributed by atoms with Crippen LogP contribution in [0.3, 0.4) is 0 Å². The molecule has 1 saturated heterocycles. The molecule has 0 radical (unpaired) electrons. The average molecular weight is 260 g/mol. The molecule has 104 valence electrons. The highest BCUT2D eigenvalue weighted by molar-refractivity contribution is 5.76. The number of carbonyl (C=O) groups excluding carboxylic acids is 1. The molecule has 0 aromatic heterocycles. The first kappa shape index (κ1) is 14.1. The normalized spacial score (nSPS) is 18.5. The predicted octanol–water partition coefficient (Wildman–Crippen LogP) is 2.19. The lowest BCUT2D eigenvalue weighted by Gasteiger charge is -2.11. The molecule has 1 heterocycles. The summed E-state index contributed by atoms with van der Waals surface area (Å²) < 4.78 is 0. The van der Waals surface area contributed by atoms with Crippen LogP contribution in [0.4, 0.5) is 0 Å². The Balaban J connectivity index is 1.63. The summed E-state index contributed by atoms with van der Waals surface area (Å²) >= 11 is 0. The fourth-order valence-electron chi connectivity index (χ4n) is 2.62. The second-order valence-corrected chi connectivity index (χ2v) is 5.36. The van der Waals surface area contributed by atoms with Gasteiger partial charge in [0.15, 0.2) is 0 Å². The third kappa shape index (κ3) is 4.67. The minimum atomic E-state index is 0.168. The van der Waals surface area contributed by atoms with Gasteiger partial charge < -0.3 is 10.6 Å². The minimum absolute atomic E-state index is 0.168. The quantitative estimate of drug-likeness (QED) is 0.823. The van der Waals surface area contributed by atoms with Crippen LogP contribution >= 0.6 is 0 Å². The number of rotatable bonds is 6. The molecule has 1 atom stereocenters. The van der Waals surface area contributed by atoms with Crippen LogP contribution in [-0.4, -0.2) is 25.0 Å². The van der Waals surface area contributed by atoms with Gasteiger partial charge in [0.25, 0.3) is 0 Å². The lowest BCUT2D eigenvalue weighted by atomic mass is 10.0. The molecule has 0 bridgehead atoms. The van der Waals surface area contributed by atoms with Crippen molar-refractivity contribution in [3.63, 3.8) is 0 Å². The van der Waals surface area contributed by atoms with Crippen molar-refractivity contribution in [2.45, 2.75) is 45.1 Å². The Morgan fingerprint density at radius 2 is 2.26 bits per heavy atom. The molecule has 1 aromatic carbocycles. The highest BCUT2D eigenvalue weighted by Crippen LogP contribution is 2.10. The molecule has 1 amide bonds. The molecule has 0 spiro atoms. The molecule has 1 fully saturated rings. The summed E-state index contributed by atoms with van der Waals surface area (Å²) in [5.41, 5.74) is 2.54. The van der Waals surface area contributed by atoms with Gasteiger partial charge in [0.05, 0.1) is 0 Å². The van der Waals surface area contributed by atoms with Crippen molar-refractivity contribution >= 4 is 5.91 Å². The summed E-state index contributed by atoms with van der Waals surface area (Å²) in [7, 11) is 0. The van der Waals surface area contributed by atoms with Crippen molar-refractivity contribution in [3.05, 3.63) is 35.4 Å². The Kier molecular flexibility index (Phi) is 5.40. The highest BCUT2D eigenvalue weighted by atomic mass is 16.1. The molecule has 2 N–H and O–H groups in total. The van der Waals surface area contributed by atoms with Crippen molar-refractivity contribution < 1.29 is 4.79 Å². The largest absolute Gasteiger partial charge is 0.356 e. The van der Waals surface area contributed by atoms with E-state index >= 15 is 0 Å². The topological polar surface area (TPSA) is 41.1 Å². The average Bonchev–Trinajstić information content (AvgIpc) is 2.91. The molecular formula is C16H24N2O. The maximum Gasteiger partial charge on any atom is 0.220 e. The van der Waals surface area contributed by atoms with Crippen molar-refractivity contribution in [2.75, 3.05) is 13.1 Å². The molecule has 0 saturated carbocycles. The molecule has 3 nitrogen and oxygen atoms in total. The summed E-state index contributed by atoms with van der Waals surface area (Å²) in [4.78, 5) is 11.8. The molecule has 1 aliphatic heterocycles. The second-order valence-electron chi connectivity index (χ2n) is 5.36. The van der Waals surface area contributed by atoms with Gasteiger partial charge in [-0.05, 0) is 50.3 Å². The van der Waals surface area contributed by atoms with Gasteiger partial charge in [-0.3, -0.25) is 4.79 Å². The van der Waals surface area contributed by atoms with Crippen LogP contribution in [0.1, 0.15) is 36.8 Å². The molecule has 0 aliphatic carbocycles. The van der Waals surface area contributed by atoms with Crippen LogP contribution in [0, 0.1) is 6.92 Å². The Bertz CT molecular complexity index is 411. The monoisotopic (exact) mass is 260 g/mol. The highest BCUT2D eigenvalue weighted by Gasteiger charge is 2.13. The molecule has 3 heteroatoms. The van der Waals surface area contributed by atoms with E-state index in [1.165, 1.54) is 24.0 Å². The zero-order valence-corrected chi connectivity index (χ0v) is 11.7. The Morgan fingerprint density at radius 1 is 1.42 bits per heavy atom. The summed E-state index contributed by atoms with van der Waals surface area (Å²) in [6, 6.07) is 8.88. The van der Waals surface area contributed by atoms with Gasteiger partial charge in [-0.2, -0.15) is 0 Å². The first-order chi connectivity index (χ1) is 9.25. The van der Waals surface area contributed by atoms with E-state index in [2.05, 4.69) is 29.7 Å². The predicted molar refractivity (Wildman–Crippen MR) is 78.2 cm³/mol. The van der Waals surface area contributed by atoms with Gasteiger partial charge in [0, 0.05) is 19.0 Å². The molecule has 2 rings (SSSR count). The van der Waals surface area contributed by atoms with Gasteiger partial charge in [0.2, 0.25) is 5.91 Å². The van der Waals surface area contributed by atoms with E-state index in [0.29, 0.717) is 12.5 Å². The maximum absolute atomic E-state index is 11.8. The van der Waals surface area contributed by atoms with Crippen LogP contribution < -0.4 is 10.6 Å². The fourth-order valence-corrected chi connectivity index (χ4v) is 2.62. The van der Waals surface area contributed by atoms with E-state index in [1.54, 1.807) is 0 Å². The lowest BCUT2D eigenvalue weighted by Crippen LogP contribution is -2.30. The van der Waals surface area contributed by atoms with Gasteiger partial charge in [-0.25, -0.2) is 0 Å². The van der Waals surface area contributed by atoms with Crippen molar-refractivity contribution in [1.82, 2.24) is 10.6 Å². The summed E-state index contributed by atoms with van der Waals surface area (Å²) in [6.07, 6.45) is 4.99. The van der Waals surface area contributed by atoms with E-state index in [1.807, 2.05) is 12.1 Å². The van der Waals surface area contributed by atoms with Gasteiger partial charge in [0.1, 0.15) is 0 Å². The van der Waals surface area contributed by atoms with Crippen molar-refractivity contribution in [2.24, 2.45) is 0 Å².